The van der Waals surface area contributed by atoms with Crippen LogP contribution in [0.15, 0.2) is 24.3 Å². The smallest absolute Gasteiger partial charge is 0.329 e. The number of hydrogen-bond acceptors (Lipinski definition) is 3. The second-order valence-corrected chi connectivity index (χ2v) is 6.59. The quantitative estimate of drug-likeness (QED) is 0.810. The van der Waals surface area contributed by atoms with Gasteiger partial charge in [0.15, 0.2) is 0 Å². The number of nitrogens with one attached hydrogen (secondary N) is 2. The number of amides is 1. The van der Waals surface area contributed by atoms with E-state index < -0.39 is 17.4 Å². The Morgan fingerprint density at radius 1 is 1.27 bits per heavy atom. The van der Waals surface area contributed by atoms with Crippen LogP contribution in [0.2, 0.25) is 0 Å². The Labute approximate surface area is 130 Å². The van der Waals surface area contributed by atoms with Gasteiger partial charge in [0.2, 0.25) is 0 Å². The van der Waals surface area contributed by atoms with Crippen molar-refractivity contribution < 1.29 is 19.1 Å². The topological polar surface area (TPSA) is 82.2 Å². The molecule has 0 spiro atoms. The number of hydrogen-bond donors (Lipinski definition) is 3. The maximum absolute atomic E-state index is 13.2. The number of H-pyrrole nitrogens is 1. The standard InChI is InChI=1S/C15H15FN2O3S/c16-10-1-2-11-9(7-10)8-12(17-11)13(19)18-15(14(20)21)3-5-22-6-4-15/h1-2,7-8,17H,3-6H2,(H,18,19)(H,20,21). The summed E-state index contributed by atoms with van der Waals surface area (Å²) < 4.78 is 13.2. The van der Waals surface area contributed by atoms with E-state index in [4.69, 9.17) is 0 Å². The molecule has 1 saturated heterocycles. The van der Waals surface area contributed by atoms with Crippen LogP contribution < -0.4 is 5.32 Å². The molecule has 1 amide bonds. The van der Waals surface area contributed by atoms with E-state index in [1.807, 2.05) is 0 Å². The molecule has 22 heavy (non-hydrogen) atoms. The van der Waals surface area contributed by atoms with Crippen molar-refractivity contribution in [2.75, 3.05) is 11.5 Å². The SMILES string of the molecule is O=C(NC1(C(=O)O)CCSCC1)c1cc2cc(F)ccc2[nH]1. The molecule has 1 fully saturated rings. The minimum atomic E-state index is -1.22. The van der Waals surface area contributed by atoms with Gasteiger partial charge >= 0.3 is 5.97 Å². The van der Waals surface area contributed by atoms with Crippen molar-refractivity contribution in [1.82, 2.24) is 10.3 Å². The highest BCUT2D eigenvalue weighted by Crippen LogP contribution is 2.28. The Bertz CT molecular complexity index is 737. The lowest BCUT2D eigenvalue weighted by Gasteiger charge is -2.33. The molecule has 0 bridgehead atoms. The molecule has 2 heterocycles. The summed E-state index contributed by atoms with van der Waals surface area (Å²) in [6, 6.07) is 5.71. The second-order valence-electron chi connectivity index (χ2n) is 5.37. The van der Waals surface area contributed by atoms with E-state index in [2.05, 4.69) is 10.3 Å². The Balaban J connectivity index is 1.86. The third-order valence-electron chi connectivity index (χ3n) is 3.94. The first-order valence-corrected chi connectivity index (χ1v) is 8.08. The van der Waals surface area contributed by atoms with Gasteiger partial charge in [-0.05, 0) is 48.6 Å². The lowest BCUT2D eigenvalue weighted by molar-refractivity contribution is -0.144. The van der Waals surface area contributed by atoms with Gasteiger partial charge in [-0.15, -0.1) is 0 Å². The van der Waals surface area contributed by atoms with Crippen molar-refractivity contribution in [2.24, 2.45) is 0 Å². The maximum atomic E-state index is 13.2. The van der Waals surface area contributed by atoms with Crippen LogP contribution in [0.3, 0.4) is 0 Å². The molecule has 0 saturated carbocycles. The number of carbonyl (C=O) groups is 2. The van der Waals surface area contributed by atoms with Gasteiger partial charge in [0.05, 0.1) is 0 Å². The van der Waals surface area contributed by atoms with Gasteiger partial charge in [0.1, 0.15) is 17.1 Å². The summed E-state index contributed by atoms with van der Waals surface area (Å²) in [5.74, 6) is -0.478. The monoisotopic (exact) mass is 322 g/mol. The van der Waals surface area contributed by atoms with Crippen molar-refractivity contribution in [3.05, 3.63) is 35.8 Å². The number of aliphatic carboxylic acids is 1. The van der Waals surface area contributed by atoms with Crippen molar-refractivity contribution in [3.8, 4) is 0 Å². The summed E-state index contributed by atoms with van der Waals surface area (Å²) in [6.45, 7) is 0. The van der Waals surface area contributed by atoms with Crippen LogP contribution in [0.5, 0.6) is 0 Å². The van der Waals surface area contributed by atoms with Crippen LogP contribution in [0, 0.1) is 5.82 Å². The number of rotatable bonds is 3. The van der Waals surface area contributed by atoms with Crippen molar-refractivity contribution >= 4 is 34.5 Å². The van der Waals surface area contributed by atoms with Gasteiger partial charge in [-0.3, -0.25) is 4.79 Å². The van der Waals surface area contributed by atoms with Gasteiger partial charge in [-0.25, -0.2) is 9.18 Å². The zero-order valence-corrected chi connectivity index (χ0v) is 12.5. The maximum Gasteiger partial charge on any atom is 0.329 e. The third kappa shape index (κ3) is 2.68. The van der Waals surface area contributed by atoms with Gasteiger partial charge in [-0.1, -0.05) is 0 Å². The van der Waals surface area contributed by atoms with E-state index in [0.29, 0.717) is 35.3 Å². The molecule has 0 atom stereocenters. The largest absolute Gasteiger partial charge is 0.480 e. The number of aromatic nitrogens is 1. The summed E-state index contributed by atoms with van der Waals surface area (Å²) in [5, 5.41) is 12.7. The van der Waals surface area contributed by atoms with E-state index in [-0.39, 0.29) is 11.5 Å². The number of halogens is 1. The van der Waals surface area contributed by atoms with Gasteiger partial charge in [0, 0.05) is 10.9 Å². The summed E-state index contributed by atoms with van der Waals surface area (Å²) in [6.07, 6.45) is 0.793. The number of carboxylic acid groups (broad SMARTS) is 1. The Kier molecular flexibility index (Phi) is 3.82. The molecule has 1 aliphatic heterocycles. The average molecular weight is 322 g/mol. The molecule has 1 aromatic carbocycles. The third-order valence-corrected chi connectivity index (χ3v) is 4.92. The predicted molar refractivity (Wildman–Crippen MR) is 82.6 cm³/mol. The molecule has 2 aromatic rings. The van der Waals surface area contributed by atoms with E-state index in [9.17, 15) is 19.1 Å². The molecule has 3 rings (SSSR count). The van der Waals surface area contributed by atoms with Crippen molar-refractivity contribution in [1.29, 1.82) is 0 Å². The van der Waals surface area contributed by atoms with Crippen LogP contribution in [0.25, 0.3) is 10.9 Å². The van der Waals surface area contributed by atoms with Crippen molar-refractivity contribution in [2.45, 2.75) is 18.4 Å². The molecule has 116 valence electrons. The molecule has 7 heteroatoms. The number of thioether (sulfide) groups is 1. The Morgan fingerprint density at radius 3 is 2.68 bits per heavy atom. The summed E-state index contributed by atoms with van der Waals surface area (Å²) >= 11 is 1.68. The van der Waals surface area contributed by atoms with Crippen molar-refractivity contribution in [3.63, 3.8) is 0 Å². The fourth-order valence-corrected chi connectivity index (χ4v) is 3.81. The number of carboxylic acids is 1. The zero-order valence-electron chi connectivity index (χ0n) is 11.7. The first-order chi connectivity index (χ1) is 10.5. The molecule has 3 N–H and O–H groups in total. The zero-order chi connectivity index (χ0) is 15.7. The fourth-order valence-electron chi connectivity index (χ4n) is 2.62. The van der Waals surface area contributed by atoms with Gasteiger partial charge in [0.25, 0.3) is 5.91 Å². The fraction of sp³-hybridized carbons (Fsp3) is 0.333. The van der Waals surface area contributed by atoms with Crippen LogP contribution in [-0.2, 0) is 4.79 Å². The average Bonchev–Trinajstić information content (AvgIpc) is 2.91. The minimum Gasteiger partial charge on any atom is -0.480 e. The molecule has 0 aliphatic carbocycles. The molecule has 5 nitrogen and oxygen atoms in total. The summed E-state index contributed by atoms with van der Waals surface area (Å²) in [4.78, 5) is 26.8. The molecule has 0 unspecified atom stereocenters. The van der Waals surface area contributed by atoms with E-state index >= 15 is 0 Å². The van der Waals surface area contributed by atoms with Gasteiger partial charge in [-0.2, -0.15) is 11.8 Å². The predicted octanol–water partition coefficient (Wildman–Crippen LogP) is 2.39. The number of carbonyl (C=O) groups excluding carboxylic acids is 1. The number of benzene rings is 1. The van der Waals surface area contributed by atoms with E-state index in [0.717, 1.165) is 0 Å². The van der Waals surface area contributed by atoms with Gasteiger partial charge < -0.3 is 15.4 Å². The summed E-state index contributed by atoms with van der Waals surface area (Å²) in [7, 11) is 0. The van der Waals surface area contributed by atoms with E-state index in [1.165, 1.54) is 18.2 Å². The normalized spacial score (nSPS) is 17.3. The highest BCUT2D eigenvalue weighted by molar-refractivity contribution is 7.99. The molecular weight excluding hydrogens is 307 g/mol. The molecule has 1 aromatic heterocycles. The van der Waals surface area contributed by atoms with Crippen LogP contribution >= 0.6 is 11.8 Å². The lowest BCUT2D eigenvalue weighted by Crippen LogP contribution is -2.56. The summed E-state index contributed by atoms with van der Waals surface area (Å²) in [5.41, 5.74) is -0.347. The highest BCUT2D eigenvalue weighted by Gasteiger charge is 2.41. The second kappa shape index (κ2) is 5.64. The van der Waals surface area contributed by atoms with Crippen LogP contribution in [-0.4, -0.2) is 39.0 Å². The lowest BCUT2D eigenvalue weighted by atomic mass is 9.92. The number of aromatic amines is 1. The molecular formula is C15H15FN2O3S. The first-order valence-electron chi connectivity index (χ1n) is 6.92. The molecule has 0 radical (unpaired) electrons. The highest BCUT2D eigenvalue weighted by atomic mass is 32.2. The van der Waals surface area contributed by atoms with Crippen LogP contribution in [0.1, 0.15) is 23.3 Å². The Hall–Kier alpha value is -2.02. The number of fused-ring (bicyclic) bond motifs is 1. The Morgan fingerprint density at radius 2 is 2.00 bits per heavy atom. The van der Waals surface area contributed by atoms with E-state index in [1.54, 1.807) is 17.8 Å². The molecule has 1 aliphatic rings. The minimum absolute atomic E-state index is 0.236. The van der Waals surface area contributed by atoms with Crippen LogP contribution in [0.4, 0.5) is 4.39 Å². The first kappa shape index (κ1) is 14.9.